The Labute approximate surface area is 136 Å². The maximum Gasteiger partial charge on any atom is 0.208 e. The number of hydrogen-bond acceptors (Lipinski definition) is 6. The van der Waals surface area contributed by atoms with Crippen LogP contribution in [0.15, 0.2) is 22.2 Å². The van der Waals surface area contributed by atoms with E-state index in [4.69, 9.17) is 4.42 Å². The SMILES string of the molecule is CC1CN(Cc2ncc(C(C)(C)C)o2)CCN1c1nccs1. The Kier molecular flexibility index (Phi) is 4.23. The Morgan fingerprint density at radius 3 is 2.73 bits per heavy atom. The molecule has 0 amide bonds. The monoisotopic (exact) mass is 320 g/mol. The second-order valence-electron chi connectivity index (χ2n) is 6.96. The summed E-state index contributed by atoms with van der Waals surface area (Å²) >= 11 is 1.71. The maximum atomic E-state index is 5.91. The lowest BCUT2D eigenvalue weighted by Gasteiger charge is -2.39. The fourth-order valence-corrected chi connectivity index (χ4v) is 3.51. The zero-order valence-electron chi connectivity index (χ0n) is 13.7. The van der Waals surface area contributed by atoms with Gasteiger partial charge in [-0.3, -0.25) is 4.90 Å². The molecule has 1 atom stereocenters. The van der Waals surface area contributed by atoms with Crippen molar-refractivity contribution in [3.05, 3.63) is 29.4 Å². The maximum absolute atomic E-state index is 5.91. The fraction of sp³-hybridized carbons (Fsp3) is 0.625. The fourth-order valence-electron chi connectivity index (χ4n) is 2.74. The molecule has 0 aromatic carbocycles. The number of piperazine rings is 1. The molecular formula is C16H24N4OS. The van der Waals surface area contributed by atoms with Crippen molar-refractivity contribution in [1.82, 2.24) is 14.9 Å². The third-order valence-electron chi connectivity index (χ3n) is 4.03. The van der Waals surface area contributed by atoms with E-state index >= 15 is 0 Å². The van der Waals surface area contributed by atoms with E-state index < -0.39 is 0 Å². The van der Waals surface area contributed by atoms with Crippen LogP contribution in [0.4, 0.5) is 5.13 Å². The first-order chi connectivity index (χ1) is 10.4. The zero-order valence-corrected chi connectivity index (χ0v) is 14.6. The number of aromatic nitrogens is 2. The van der Waals surface area contributed by atoms with Crippen LogP contribution in [-0.2, 0) is 12.0 Å². The standard InChI is InChI=1S/C16H24N4OS/c1-12-10-19(6-7-20(12)15-17-5-8-22-15)11-14-18-9-13(21-14)16(2,3)4/h5,8-9,12H,6-7,10-11H2,1-4H3. The van der Waals surface area contributed by atoms with Crippen molar-refractivity contribution >= 4 is 16.5 Å². The molecule has 1 aliphatic heterocycles. The van der Waals surface area contributed by atoms with Crippen molar-refractivity contribution in [1.29, 1.82) is 0 Å². The van der Waals surface area contributed by atoms with Crippen LogP contribution in [0.5, 0.6) is 0 Å². The molecule has 3 heterocycles. The summed E-state index contributed by atoms with van der Waals surface area (Å²) in [4.78, 5) is 13.7. The second kappa shape index (κ2) is 6.01. The van der Waals surface area contributed by atoms with E-state index in [0.29, 0.717) is 6.04 Å². The molecule has 1 fully saturated rings. The topological polar surface area (TPSA) is 45.4 Å². The third-order valence-corrected chi connectivity index (χ3v) is 4.84. The summed E-state index contributed by atoms with van der Waals surface area (Å²) in [5.41, 5.74) is 0.0160. The van der Waals surface area contributed by atoms with Gasteiger partial charge in [-0.1, -0.05) is 20.8 Å². The molecule has 0 spiro atoms. The van der Waals surface area contributed by atoms with Crippen LogP contribution >= 0.6 is 11.3 Å². The van der Waals surface area contributed by atoms with Gasteiger partial charge in [-0.15, -0.1) is 11.3 Å². The van der Waals surface area contributed by atoms with Gasteiger partial charge in [-0.25, -0.2) is 9.97 Å². The summed E-state index contributed by atoms with van der Waals surface area (Å²) in [6, 6.07) is 0.456. The molecule has 0 N–H and O–H groups in total. The molecule has 6 heteroatoms. The minimum atomic E-state index is 0.0160. The summed E-state index contributed by atoms with van der Waals surface area (Å²) in [5.74, 6) is 1.77. The van der Waals surface area contributed by atoms with Crippen molar-refractivity contribution in [2.45, 2.75) is 45.7 Å². The van der Waals surface area contributed by atoms with Crippen LogP contribution < -0.4 is 4.90 Å². The van der Waals surface area contributed by atoms with E-state index in [1.54, 1.807) is 11.3 Å². The van der Waals surface area contributed by atoms with Gasteiger partial charge in [0.25, 0.3) is 0 Å². The normalized spacial score (nSPS) is 20.5. The van der Waals surface area contributed by atoms with Gasteiger partial charge in [-0.2, -0.15) is 0 Å². The van der Waals surface area contributed by atoms with Gasteiger partial charge in [-0.05, 0) is 6.92 Å². The smallest absolute Gasteiger partial charge is 0.208 e. The van der Waals surface area contributed by atoms with Gasteiger partial charge in [0.15, 0.2) is 5.13 Å². The summed E-state index contributed by atoms with van der Waals surface area (Å²) in [6.07, 6.45) is 3.74. The number of nitrogens with zero attached hydrogens (tertiary/aromatic N) is 4. The Bertz CT molecular complexity index is 602. The van der Waals surface area contributed by atoms with Gasteiger partial charge in [0.2, 0.25) is 5.89 Å². The van der Waals surface area contributed by atoms with E-state index in [2.05, 4.69) is 47.5 Å². The van der Waals surface area contributed by atoms with Crippen LogP contribution in [0.1, 0.15) is 39.3 Å². The van der Waals surface area contributed by atoms with Crippen LogP contribution in [0, 0.1) is 0 Å². The number of anilines is 1. The number of thiazole rings is 1. The minimum absolute atomic E-state index is 0.0160. The summed E-state index contributed by atoms with van der Waals surface area (Å²) in [5, 5.41) is 3.16. The molecule has 1 unspecified atom stereocenters. The summed E-state index contributed by atoms with van der Waals surface area (Å²) in [6.45, 7) is 12.5. The van der Waals surface area contributed by atoms with Gasteiger partial charge >= 0.3 is 0 Å². The Hall–Kier alpha value is -1.40. The average molecular weight is 320 g/mol. The van der Waals surface area contributed by atoms with Crippen LogP contribution in [0.2, 0.25) is 0 Å². The van der Waals surface area contributed by atoms with Gasteiger partial charge in [0.1, 0.15) is 5.76 Å². The van der Waals surface area contributed by atoms with Crippen LogP contribution in [0.3, 0.4) is 0 Å². The highest BCUT2D eigenvalue weighted by atomic mass is 32.1. The first-order valence-corrected chi connectivity index (χ1v) is 8.65. The lowest BCUT2D eigenvalue weighted by Crippen LogP contribution is -2.51. The molecule has 22 heavy (non-hydrogen) atoms. The molecule has 1 aliphatic rings. The van der Waals surface area contributed by atoms with E-state index in [9.17, 15) is 0 Å². The molecule has 2 aromatic rings. The van der Waals surface area contributed by atoms with Crippen molar-refractivity contribution < 1.29 is 4.42 Å². The minimum Gasteiger partial charge on any atom is -0.444 e. The first-order valence-electron chi connectivity index (χ1n) is 7.77. The van der Waals surface area contributed by atoms with E-state index in [0.717, 1.165) is 43.0 Å². The van der Waals surface area contributed by atoms with Crippen molar-refractivity contribution in [2.24, 2.45) is 0 Å². The molecule has 120 valence electrons. The highest BCUT2D eigenvalue weighted by Gasteiger charge is 2.26. The number of rotatable bonds is 3. The molecule has 1 saturated heterocycles. The molecule has 2 aromatic heterocycles. The summed E-state index contributed by atoms with van der Waals surface area (Å²) in [7, 11) is 0. The van der Waals surface area contributed by atoms with E-state index in [1.165, 1.54) is 0 Å². The predicted molar refractivity (Wildman–Crippen MR) is 89.4 cm³/mol. The molecule has 5 nitrogen and oxygen atoms in total. The highest BCUT2D eigenvalue weighted by Crippen LogP contribution is 2.25. The van der Waals surface area contributed by atoms with Crippen molar-refractivity contribution in [2.75, 3.05) is 24.5 Å². The lowest BCUT2D eigenvalue weighted by molar-refractivity contribution is 0.198. The van der Waals surface area contributed by atoms with E-state index in [1.807, 2.05) is 17.8 Å². The summed E-state index contributed by atoms with van der Waals surface area (Å²) < 4.78 is 5.91. The van der Waals surface area contributed by atoms with Crippen LogP contribution in [0.25, 0.3) is 0 Å². The van der Waals surface area contributed by atoms with Gasteiger partial charge in [0, 0.05) is 42.7 Å². The number of hydrogen-bond donors (Lipinski definition) is 0. The lowest BCUT2D eigenvalue weighted by atomic mass is 9.94. The van der Waals surface area contributed by atoms with Crippen LogP contribution in [-0.4, -0.2) is 40.5 Å². The highest BCUT2D eigenvalue weighted by molar-refractivity contribution is 7.13. The van der Waals surface area contributed by atoms with E-state index in [-0.39, 0.29) is 5.41 Å². The van der Waals surface area contributed by atoms with Gasteiger partial charge < -0.3 is 9.32 Å². The Balaban J connectivity index is 1.60. The average Bonchev–Trinajstić information content (AvgIpc) is 3.09. The molecular weight excluding hydrogens is 296 g/mol. The molecule has 0 saturated carbocycles. The first kappa shape index (κ1) is 15.5. The van der Waals surface area contributed by atoms with Gasteiger partial charge in [0.05, 0.1) is 12.7 Å². The molecule has 0 radical (unpaired) electrons. The molecule has 0 aliphatic carbocycles. The zero-order chi connectivity index (χ0) is 15.7. The predicted octanol–water partition coefficient (Wildman–Crippen LogP) is 3.14. The second-order valence-corrected chi connectivity index (χ2v) is 7.83. The van der Waals surface area contributed by atoms with Crippen molar-refractivity contribution in [3.63, 3.8) is 0 Å². The molecule has 3 rings (SSSR count). The van der Waals surface area contributed by atoms with Crippen molar-refractivity contribution in [3.8, 4) is 0 Å². The number of oxazole rings is 1. The largest absolute Gasteiger partial charge is 0.444 e. The Morgan fingerprint density at radius 2 is 2.14 bits per heavy atom. The quantitative estimate of drug-likeness (QED) is 0.869. The Morgan fingerprint density at radius 1 is 1.32 bits per heavy atom. The third kappa shape index (κ3) is 3.33. The molecule has 0 bridgehead atoms.